The molecule has 1 saturated heterocycles. The Morgan fingerprint density at radius 3 is 2.67 bits per heavy atom. The molecule has 1 rings (SSSR count). The van der Waals surface area contributed by atoms with E-state index in [0.717, 1.165) is 0 Å². The maximum atomic E-state index is 10.6. The number of halogens is 1. The van der Waals surface area contributed by atoms with Crippen LogP contribution in [0.3, 0.4) is 0 Å². The molecular formula is C5H12ClNO2. The monoisotopic (exact) mass is 153 g/mol. The van der Waals surface area contributed by atoms with Crippen molar-refractivity contribution in [2.24, 2.45) is 0 Å². The molecule has 1 aliphatic rings. The third-order valence-electron chi connectivity index (χ3n) is 1.30. The Hall–Kier alpha value is 0.170. The van der Waals surface area contributed by atoms with Crippen LogP contribution in [0.15, 0.2) is 0 Å². The number of hydrogen-bond donors (Lipinski definition) is 1. The Bertz CT molecular complexity index is 73.4. The van der Waals surface area contributed by atoms with E-state index in [1.165, 1.54) is 0 Å². The highest BCUT2D eigenvalue weighted by Gasteiger charge is 2.12. The van der Waals surface area contributed by atoms with Crippen LogP contribution in [-0.2, 0) is 4.74 Å². The molecule has 0 saturated carbocycles. The summed E-state index contributed by atoms with van der Waals surface area (Å²) < 4.78 is 5.13. The second kappa shape index (κ2) is 4.06. The fraction of sp³-hybridized carbons (Fsp3) is 1.00. The van der Waals surface area contributed by atoms with Crippen molar-refractivity contribution in [1.82, 2.24) is 0 Å². The molecule has 0 aromatic heterocycles. The SMILES string of the molecule is CC1C[NH+]([O-])CCO1.Cl. The summed E-state index contributed by atoms with van der Waals surface area (Å²) in [5.74, 6) is 0. The first kappa shape index (κ1) is 9.17. The lowest BCUT2D eigenvalue weighted by molar-refractivity contribution is -0.861. The number of hydroxylamine groups is 2. The Labute approximate surface area is 61.0 Å². The Morgan fingerprint density at radius 1 is 1.67 bits per heavy atom. The maximum absolute atomic E-state index is 10.6. The molecular weight excluding hydrogens is 142 g/mol. The Kier molecular flexibility index (Phi) is 4.14. The second-order valence-corrected chi connectivity index (χ2v) is 2.17. The first-order chi connectivity index (χ1) is 3.79. The highest BCUT2D eigenvalue weighted by molar-refractivity contribution is 5.85. The molecule has 1 aliphatic heterocycles. The molecule has 0 aromatic rings. The van der Waals surface area contributed by atoms with Crippen molar-refractivity contribution in [2.45, 2.75) is 13.0 Å². The fourth-order valence-corrected chi connectivity index (χ4v) is 0.856. The van der Waals surface area contributed by atoms with Crippen LogP contribution >= 0.6 is 12.4 Å². The summed E-state index contributed by atoms with van der Waals surface area (Å²) >= 11 is 0. The zero-order valence-electron chi connectivity index (χ0n) is 5.42. The number of hydrogen-bond acceptors (Lipinski definition) is 2. The van der Waals surface area contributed by atoms with Crippen molar-refractivity contribution < 1.29 is 9.80 Å². The maximum Gasteiger partial charge on any atom is 0.104 e. The second-order valence-electron chi connectivity index (χ2n) is 2.17. The summed E-state index contributed by atoms with van der Waals surface area (Å²) in [7, 11) is 0. The van der Waals surface area contributed by atoms with Gasteiger partial charge in [0.15, 0.2) is 0 Å². The smallest absolute Gasteiger partial charge is 0.104 e. The van der Waals surface area contributed by atoms with Crippen molar-refractivity contribution in [3.63, 3.8) is 0 Å². The molecule has 3 nitrogen and oxygen atoms in total. The van der Waals surface area contributed by atoms with E-state index >= 15 is 0 Å². The van der Waals surface area contributed by atoms with Crippen LogP contribution in [0.2, 0.25) is 0 Å². The molecule has 1 N–H and O–H groups in total. The van der Waals surface area contributed by atoms with Gasteiger partial charge in [0.25, 0.3) is 0 Å². The van der Waals surface area contributed by atoms with Gasteiger partial charge in [-0.25, -0.2) is 0 Å². The third kappa shape index (κ3) is 3.01. The van der Waals surface area contributed by atoms with Crippen LogP contribution in [0.5, 0.6) is 0 Å². The topological polar surface area (TPSA) is 36.7 Å². The predicted molar refractivity (Wildman–Crippen MR) is 36.7 cm³/mol. The van der Waals surface area contributed by atoms with Crippen molar-refractivity contribution in [1.29, 1.82) is 0 Å². The van der Waals surface area contributed by atoms with Crippen LogP contribution < -0.4 is 5.06 Å². The van der Waals surface area contributed by atoms with Crippen LogP contribution in [0, 0.1) is 5.21 Å². The standard InChI is InChI=1S/C5H11NO2.ClH/c1-5-4-6(7)2-3-8-5;/h5-6H,2-4H2,1H3;1H. The minimum absolute atomic E-state index is 0. The average Bonchev–Trinajstić information content (AvgIpc) is 1.64. The zero-order chi connectivity index (χ0) is 5.98. The van der Waals surface area contributed by atoms with Crippen molar-refractivity contribution >= 4 is 12.4 Å². The van der Waals surface area contributed by atoms with Gasteiger partial charge in [-0.3, -0.25) is 0 Å². The molecule has 1 fully saturated rings. The van der Waals surface area contributed by atoms with E-state index in [1.807, 2.05) is 6.92 Å². The van der Waals surface area contributed by atoms with E-state index in [0.29, 0.717) is 24.8 Å². The molecule has 56 valence electrons. The molecule has 0 spiro atoms. The van der Waals surface area contributed by atoms with Gasteiger partial charge >= 0.3 is 0 Å². The minimum atomic E-state index is 0. The summed E-state index contributed by atoms with van der Waals surface area (Å²) in [5, 5.41) is 10.9. The third-order valence-corrected chi connectivity index (χ3v) is 1.30. The number of morpholine rings is 1. The van der Waals surface area contributed by atoms with E-state index in [9.17, 15) is 5.21 Å². The van der Waals surface area contributed by atoms with Gasteiger partial charge in [0.05, 0.1) is 6.61 Å². The lowest BCUT2D eigenvalue weighted by atomic mass is 10.3. The molecule has 9 heavy (non-hydrogen) atoms. The molecule has 2 atom stereocenters. The quantitative estimate of drug-likeness (QED) is 0.463. The van der Waals surface area contributed by atoms with Crippen LogP contribution in [0.25, 0.3) is 0 Å². The van der Waals surface area contributed by atoms with E-state index in [1.54, 1.807) is 0 Å². The first-order valence-corrected chi connectivity index (χ1v) is 2.92. The van der Waals surface area contributed by atoms with Gasteiger partial charge in [-0.2, -0.15) is 0 Å². The highest BCUT2D eigenvalue weighted by Crippen LogP contribution is 1.87. The zero-order valence-corrected chi connectivity index (χ0v) is 6.24. The highest BCUT2D eigenvalue weighted by atomic mass is 35.5. The fourth-order valence-electron chi connectivity index (χ4n) is 0.856. The van der Waals surface area contributed by atoms with E-state index in [4.69, 9.17) is 4.74 Å². The first-order valence-electron chi connectivity index (χ1n) is 2.92. The lowest BCUT2D eigenvalue weighted by Crippen LogP contribution is -3.10. The Morgan fingerprint density at radius 2 is 2.33 bits per heavy atom. The van der Waals surface area contributed by atoms with Crippen LogP contribution in [0.1, 0.15) is 6.92 Å². The lowest BCUT2D eigenvalue weighted by Gasteiger charge is -2.30. The molecule has 0 amide bonds. The summed E-state index contributed by atoms with van der Waals surface area (Å²) in [6.07, 6.45) is 0.163. The number of rotatable bonds is 0. The summed E-state index contributed by atoms with van der Waals surface area (Å²) in [5.41, 5.74) is 0. The Balaban J connectivity index is 0.000000640. The largest absolute Gasteiger partial charge is 0.634 e. The number of nitrogens with one attached hydrogen (secondary N) is 1. The van der Waals surface area contributed by atoms with Gasteiger partial charge < -0.3 is 15.0 Å². The number of quaternary nitrogens is 1. The van der Waals surface area contributed by atoms with Gasteiger partial charge in [-0.15, -0.1) is 12.4 Å². The summed E-state index contributed by atoms with van der Waals surface area (Å²) in [6.45, 7) is 3.78. The summed E-state index contributed by atoms with van der Waals surface area (Å²) in [6, 6.07) is 0. The van der Waals surface area contributed by atoms with Gasteiger partial charge in [-0.1, -0.05) is 0 Å². The molecule has 2 unspecified atom stereocenters. The van der Waals surface area contributed by atoms with Gasteiger partial charge in [0.2, 0.25) is 0 Å². The van der Waals surface area contributed by atoms with Gasteiger partial charge in [-0.05, 0) is 6.92 Å². The predicted octanol–water partition coefficient (Wildman–Crippen LogP) is -0.790. The van der Waals surface area contributed by atoms with Crippen molar-refractivity contribution in [3.8, 4) is 0 Å². The molecule has 0 bridgehead atoms. The van der Waals surface area contributed by atoms with Gasteiger partial charge in [0, 0.05) is 0 Å². The molecule has 4 heteroatoms. The molecule has 1 heterocycles. The molecule has 0 aromatic carbocycles. The number of ether oxygens (including phenoxy) is 1. The normalized spacial score (nSPS) is 35.3. The van der Waals surface area contributed by atoms with Crippen molar-refractivity contribution in [2.75, 3.05) is 19.7 Å². The van der Waals surface area contributed by atoms with E-state index < -0.39 is 0 Å². The molecule has 0 radical (unpaired) electrons. The molecule has 0 aliphatic carbocycles. The van der Waals surface area contributed by atoms with E-state index in [2.05, 4.69) is 0 Å². The average molecular weight is 154 g/mol. The minimum Gasteiger partial charge on any atom is -0.634 e. The van der Waals surface area contributed by atoms with Crippen molar-refractivity contribution in [3.05, 3.63) is 5.21 Å². The van der Waals surface area contributed by atoms with Gasteiger partial charge in [0.1, 0.15) is 19.2 Å². The summed E-state index contributed by atoms with van der Waals surface area (Å²) in [4.78, 5) is 0. The van der Waals surface area contributed by atoms with E-state index in [-0.39, 0.29) is 18.5 Å². The van der Waals surface area contributed by atoms with Crippen LogP contribution in [-0.4, -0.2) is 25.8 Å². The van der Waals surface area contributed by atoms with Crippen LogP contribution in [0.4, 0.5) is 0 Å².